The van der Waals surface area contributed by atoms with E-state index in [1.165, 1.54) is 0 Å². The van der Waals surface area contributed by atoms with Crippen LogP contribution in [0.25, 0.3) is 5.70 Å². The fraction of sp³-hybridized carbons (Fsp3) is 0.417. The van der Waals surface area contributed by atoms with Crippen LogP contribution in [0.3, 0.4) is 0 Å². The van der Waals surface area contributed by atoms with Gasteiger partial charge in [-0.15, -0.1) is 5.10 Å². The number of carbonyl (C=O) groups is 1. The molecule has 0 aliphatic heterocycles. The molecule has 1 aromatic rings. The predicted octanol–water partition coefficient (Wildman–Crippen LogP) is 1.14. The summed E-state index contributed by atoms with van der Waals surface area (Å²) in [5.74, 6) is 1.85. The van der Waals surface area contributed by atoms with Crippen LogP contribution in [-0.4, -0.2) is 20.8 Å². The lowest BCUT2D eigenvalue weighted by atomic mass is 9.85. The minimum absolute atomic E-state index is 0.175. The van der Waals surface area contributed by atoms with Crippen LogP contribution in [0.4, 0.5) is 0 Å². The summed E-state index contributed by atoms with van der Waals surface area (Å²) in [6, 6.07) is 0. The third kappa shape index (κ3) is 0.876. The molecule has 80 valence electrons. The maximum Gasteiger partial charge on any atom is 0.185 e. The van der Waals surface area contributed by atoms with Crippen molar-refractivity contribution in [1.29, 1.82) is 0 Å². The van der Waals surface area contributed by atoms with Gasteiger partial charge in [0.05, 0.1) is 12.4 Å². The molecule has 4 unspecified atom stereocenters. The van der Waals surface area contributed by atoms with Crippen LogP contribution < -0.4 is 0 Å². The lowest BCUT2D eigenvalue weighted by molar-refractivity contribution is -0.118. The number of hydrogen-bond donors (Lipinski definition) is 0. The number of allylic oxidation sites excluding steroid dienone is 4. The molecule has 4 rings (SSSR count). The molecular formula is C12H11N3O. The molecule has 1 aromatic heterocycles. The summed E-state index contributed by atoms with van der Waals surface area (Å²) in [5.41, 5.74) is 0.714. The third-order valence-electron chi connectivity index (χ3n) is 4.10. The Morgan fingerprint density at radius 1 is 1.31 bits per heavy atom. The second kappa shape index (κ2) is 2.70. The molecule has 1 saturated carbocycles. The molecular weight excluding hydrogens is 202 g/mol. The summed E-state index contributed by atoms with van der Waals surface area (Å²) in [5, 5.41) is 7.66. The molecule has 0 aromatic carbocycles. The molecule has 1 fully saturated rings. The molecule has 4 nitrogen and oxygen atoms in total. The van der Waals surface area contributed by atoms with Gasteiger partial charge < -0.3 is 0 Å². The maximum atomic E-state index is 12.3. The van der Waals surface area contributed by atoms with E-state index in [2.05, 4.69) is 28.5 Å². The molecule has 0 amide bonds. The van der Waals surface area contributed by atoms with Gasteiger partial charge >= 0.3 is 0 Å². The Bertz CT molecular complexity index is 514. The number of fused-ring (bicyclic) bond motifs is 5. The molecule has 0 radical (unpaired) electrons. The molecule has 3 aliphatic rings. The van der Waals surface area contributed by atoms with Gasteiger partial charge in [-0.25, -0.2) is 4.68 Å². The SMILES string of the molecule is O=C1C(n2ccnn2)=CC2C3C=CC(C3)C12. The van der Waals surface area contributed by atoms with Gasteiger partial charge in [0.25, 0.3) is 0 Å². The zero-order valence-corrected chi connectivity index (χ0v) is 8.65. The van der Waals surface area contributed by atoms with Gasteiger partial charge in [0.1, 0.15) is 5.70 Å². The standard InChI is InChI=1S/C12H11N3O/c16-12-10(15-4-3-13-14-15)6-9-7-1-2-8(5-7)11(9)12/h1-4,6-9,11H,5H2. The summed E-state index contributed by atoms with van der Waals surface area (Å²) in [7, 11) is 0. The number of rotatable bonds is 1. The molecule has 4 heteroatoms. The van der Waals surface area contributed by atoms with Gasteiger partial charge in [0.2, 0.25) is 0 Å². The first-order chi connectivity index (χ1) is 7.84. The third-order valence-corrected chi connectivity index (χ3v) is 4.10. The van der Waals surface area contributed by atoms with E-state index in [1.54, 1.807) is 17.1 Å². The van der Waals surface area contributed by atoms with Crippen molar-refractivity contribution in [2.45, 2.75) is 6.42 Å². The minimum Gasteiger partial charge on any atom is -0.292 e. The van der Waals surface area contributed by atoms with Crippen molar-refractivity contribution in [2.24, 2.45) is 23.7 Å². The fourth-order valence-corrected chi connectivity index (χ4v) is 3.42. The largest absolute Gasteiger partial charge is 0.292 e. The number of ketones is 1. The second-order valence-electron chi connectivity index (χ2n) is 4.82. The van der Waals surface area contributed by atoms with Gasteiger partial charge in [-0.2, -0.15) is 0 Å². The van der Waals surface area contributed by atoms with E-state index in [9.17, 15) is 4.79 Å². The molecule has 2 bridgehead atoms. The number of nitrogens with zero attached hydrogens (tertiary/aromatic N) is 3. The van der Waals surface area contributed by atoms with Crippen molar-refractivity contribution in [2.75, 3.05) is 0 Å². The molecule has 0 saturated heterocycles. The number of hydrogen-bond acceptors (Lipinski definition) is 3. The van der Waals surface area contributed by atoms with E-state index in [0.717, 1.165) is 6.42 Å². The first kappa shape index (κ1) is 8.44. The topological polar surface area (TPSA) is 47.8 Å². The van der Waals surface area contributed by atoms with Gasteiger partial charge in [0, 0.05) is 5.92 Å². The fourth-order valence-electron chi connectivity index (χ4n) is 3.42. The normalized spacial score (nSPS) is 39.2. The van der Waals surface area contributed by atoms with E-state index in [0.29, 0.717) is 23.5 Å². The lowest BCUT2D eigenvalue weighted by Gasteiger charge is -2.17. The summed E-state index contributed by atoms with van der Waals surface area (Å²) in [4.78, 5) is 12.3. The first-order valence-electron chi connectivity index (χ1n) is 5.65. The van der Waals surface area contributed by atoms with E-state index < -0.39 is 0 Å². The van der Waals surface area contributed by atoms with Crippen molar-refractivity contribution in [3.63, 3.8) is 0 Å². The Morgan fingerprint density at radius 2 is 2.19 bits per heavy atom. The van der Waals surface area contributed by atoms with E-state index >= 15 is 0 Å². The summed E-state index contributed by atoms with van der Waals surface area (Å²) in [6.45, 7) is 0. The van der Waals surface area contributed by atoms with Crippen LogP contribution >= 0.6 is 0 Å². The quantitative estimate of drug-likeness (QED) is 0.657. The van der Waals surface area contributed by atoms with Crippen molar-refractivity contribution in [3.8, 4) is 0 Å². The number of carbonyl (C=O) groups excluding carboxylic acids is 1. The molecule has 16 heavy (non-hydrogen) atoms. The first-order valence-corrected chi connectivity index (χ1v) is 5.65. The lowest BCUT2D eigenvalue weighted by Crippen LogP contribution is -2.22. The van der Waals surface area contributed by atoms with Crippen molar-refractivity contribution in [3.05, 3.63) is 30.6 Å². The van der Waals surface area contributed by atoms with Gasteiger partial charge in [-0.1, -0.05) is 23.4 Å². The number of Topliss-reactive ketones (excluding diaryl/α,β-unsaturated/α-hetero) is 1. The van der Waals surface area contributed by atoms with Crippen LogP contribution in [0.15, 0.2) is 30.6 Å². The minimum atomic E-state index is 0.175. The second-order valence-corrected chi connectivity index (χ2v) is 4.82. The predicted molar refractivity (Wildman–Crippen MR) is 57.0 cm³/mol. The average molecular weight is 213 g/mol. The maximum absolute atomic E-state index is 12.3. The molecule has 0 spiro atoms. The van der Waals surface area contributed by atoms with Crippen molar-refractivity contribution in [1.82, 2.24) is 15.0 Å². The Balaban J connectivity index is 1.78. The Morgan fingerprint density at radius 3 is 2.94 bits per heavy atom. The Kier molecular flexibility index (Phi) is 1.42. The molecule has 4 atom stereocenters. The summed E-state index contributed by atoms with van der Waals surface area (Å²) < 4.78 is 1.60. The highest BCUT2D eigenvalue weighted by molar-refractivity contribution is 6.19. The highest BCUT2D eigenvalue weighted by Gasteiger charge is 2.51. The van der Waals surface area contributed by atoms with Crippen LogP contribution in [0.2, 0.25) is 0 Å². The Hall–Kier alpha value is -1.71. The zero-order valence-electron chi connectivity index (χ0n) is 8.65. The van der Waals surface area contributed by atoms with Crippen molar-refractivity contribution >= 4 is 11.5 Å². The summed E-state index contributed by atoms with van der Waals surface area (Å²) in [6.07, 6.45) is 11.1. The van der Waals surface area contributed by atoms with Crippen molar-refractivity contribution < 1.29 is 4.79 Å². The Labute approximate surface area is 92.6 Å². The van der Waals surface area contributed by atoms with Gasteiger partial charge in [-0.3, -0.25) is 4.79 Å². The summed E-state index contributed by atoms with van der Waals surface area (Å²) >= 11 is 0. The smallest absolute Gasteiger partial charge is 0.185 e. The zero-order chi connectivity index (χ0) is 10.7. The van der Waals surface area contributed by atoms with Crippen LogP contribution in [-0.2, 0) is 4.79 Å². The van der Waals surface area contributed by atoms with E-state index in [1.807, 2.05) is 0 Å². The molecule has 0 N–H and O–H groups in total. The van der Waals surface area contributed by atoms with Crippen LogP contribution in [0.5, 0.6) is 0 Å². The van der Waals surface area contributed by atoms with E-state index in [4.69, 9.17) is 0 Å². The van der Waals surface area contributed by atoms with Crippen LogP contribution in [0, 0.1) is 23.7 Å². The molecule has 3 aliphatic carbocycles. The van der Waals surface area contributed by atoms with Gasteiger partial charge in [0.15, 0.2) is 5.78 Å². The average Bonchev–Trinajstić information content (AvgIpc) is 2.97. The number of aromatic nitrogens is 3. The highest BCUT2D eigenvalue weighted by Crippen LogP contribution is 2.53. The highest BCUT2D eigenvalue weighted by atomic mass is 16.1. The molecule has 1 heterocycles. The van der Waals surface area contributed by atoms with Gasteiger partial charge in [-0.05, 0) is 24.2 Å². The monoisotopic (exact) mass is 213 g/mol. The van der Waals surface area contributed by atoms with Crippen LogP contribution in [0.1, 0.15) is 6.42 Å². The van der Waals surface area contributed by atoms with E-state index in [-0.39, 0.29) is 11.7 Å².